The van der Waals surface area contributed by atoms with E-state index in [2.05, 4.69) is 5.32 Å². The molecule has 0 atom stereocenters. The standard InChI is InChI=1S/C14H7ClFN3/c15-11-3-1-10(8-18)14(5-11)19-12-4-2-9(7-17)13(16)6-12/h1-6,19H. The maximum absolute atomic E-state index is 13.5. The highest BCUT2D eigenvalue weighted by Crippen LogP contribution is 2.25. The maximum atomic E-state index is 13.5. The van der Waals surface area contributed by atoms with Gasteiger partial charge in [0.1, 0.15) is 18.0 Å². The van der Waals surface area contributed by atoms with Crippen LogP contribution in [0.3, 0.4) is 0 Å². The maximum Gasteiger partial charge on any atom is 0.143 e. The predicted octanol–water partition coefficient (Wildman–Crippen LogP) is 3.97. The molecule has 2 rings (SSSR count). The summed E-state index contributed by atoms with van der Waals surface area (Å²) in [6.07, 6.45) is 0. The number of nitrogens with zero attached hydrogens (tertiary/aromatic N) is 2. The van der Waals surface area contributed by atoms with Crippen LogP contribution in [-0.4, -0.2) is 0 Å². The Bertz CT molecular complexity index is 714. The van der Waals surface area contributed by atoms with E-state index in [-0.39, 0.29) is 5.56 Å². The smallest absolute Gasteiger partial charge is 0.143 e. The van der Waals surface area contributed by atoms with Gasteiger partial charge in [0.2, 0.25) is 0 Å². The Hall–Kier alpha value is -2.56. The van der Waals surface area contributed by atoms with Gasteiger partial charge in [0.15, 0.2) is 0 Å². The van der Waals surface area contributed by atoms with E-state index in [1.807, 2.05) is 6.07 Å². The largest absolute Gasteiger partial charge is 0.354 e. The third kappa shape index (κ3) is 2.82. The first-order valence-electron chi connectivity index (χ1n) is 5.30. The average Bonchev–Trinajstić information content (AvgIpc) is 2.39. The Kier molecular flexibility index (Phi) is 3.66. The fraction of sp³-hybridized carbons (Fsp3) is 0. The molecule has 0 spiro atoms. The van der Waals surface area contributed by atoms with Gasteiger partial charge in [0.05, 0.1) is 16.8 Å². The van der Waals surface area contributed by atoms with Crippen molar-refractivity contribution in [3.8, 4) is 12.1 Å². The van der Waals surface area contributed by atoms with Crippen LogP contribution in [0.25, 0.3) is 0 Å². The van der Waals surface area contributed by atoms with Crippen LogP contribution < -0.4 is 5.32 Å². The molecule has 1 N–H and O–H groups in total. The zero-order valence-corrected chi connectivity index (χ0v) is 10.4. The summed E-state index contributed by atoms with van der Waals surface area (Å²) in [6, 6.07) is 12.6. The molecule has 2 aromatic carbocycles. The molecule has 2 aromatic rings. The molecular formula is C14H7ClFN3. The molecule has 19 heavy (non-hydrogen) atoms. The summed E-state index contributed by atoms with van der Waals surface area (Å²) < 4.78 is 13.5. The lowest BCUT2D eigenvalue weighted by atomic mass is 10.1. The Balaban J connectivity index is 2.37. The summed E-state index contributed by atoms with van der Waals surface area (Å²) in [4.78, 5) is 0. The molecule has 0 bridgehead atoms. The second-order valence-electron chi connectivity index (χ2n) is 3.73. The third-order valence-electron chi connectivity index (χ3n) is 2.47. The SMILES string of the molecule is N#Cc1ccc(Nc2cc(Cl)ccc2C#N)cc1F. The number of nitrogens with one attached hydrogen (secondary N) is 1. The predicted molar refractivity (Wildman–Crippen MR) is 70.6 cm³/mol. The first kappa shape index (κ1) is 12.9. The van der Waals surface area contributed by atoms with Crippen LogP contribution in [-0.2, 0) is 0 Å². The van der Waals surface area contributed by atoms with Gasteiger partial charge in [-0.25, -0.2) is 4.39 Å². The summed E-state index contributed by atoms with van der Waals surface area (Å²) >= 11 is 5.85. The normalized spacial score (nSPS) is 9.47. The van der Waals surface area contributed by atoms with Crippen molar-refractivity contribution in [3.05, 3.63) is 58.4 Å². The van der Waals surface area contributed by atoms with Gasteiger partial charge in [-0.2, -0.15) is 10.5 Å². The highest BCUT2D eigenvalue weighted by Gasteiger charge is 2.06. The molecule has 3 nitrogen and oxygen atoms in total. The molecule has 0 unspecified atom stereocenters. The molecule has 0 saturated heterocycles. The minimum absolute atomic E-state index is 0.0304. The van der Waals surface area contributed by atoms with E-state index < -0.39 is 5.82 Å². The van der Waals surface area contributed by atoms with E-state index >= 15 is 0 Å². The quantitative estimate of drug-likeness (QED) is 0.899. The molecule has 0 heterocycles. The van der Waals surface area contributed by atoms with Crippen molar-refractivity contribution in [2.75, 3.05) is 5.32 Å². The van der Waals surface area contributed by atoms with Gasteiger partial charge in [-0.3, -0.25) is 0 Å². The number of hydrogen-bond acceptors (Lipinski definition) is 3. The van der Waals surface area contributed by atoms with Crippen LogP contribution in [0.4, 0.5) is 15.8 Å². The van der Waals surface area contributed by atoms with E-state index in [1.54, 1.807) is 30.3 Å². The molecule has 0 saturated carbocycles. The molecule has 0 aliphatic carbocycles. The van der Waals surface area contributed by atoms with Crippen LogP contribution in [0, 0.1) is 28.5 Å². The Labute approximate surface area is 114 Å². The minimum atomic E-state index is -0.618. The molecule has 0 aliphatic heterocycles. The number of nitriles is 2. The molecule has 0 radical (unpaired) electrons. The van der Waals surface area contributed by atoms with E-state index in [9.17, 15) is 4.39 Å². The highest BCUT2D eigenvalue weighted by atomic mass is 35.5. The lowest BCUT2D eigenvalue weighted by Crippen LogP contribution is -1.95. The molecule has 0 fully saturated rings. The van der Waals surface area contributed by atoms with Crippen molar-refractivity contribution in [2.45, 2.75) is 0 Å². The first-order valence-corrected chi connectivity index (χ1v) is 5.68. The van der Waals surface area contributed by atoms with Crippen LogP contribution in [0.15, 0.2) is 36.4 Å². The van der Waals surface area contributed by atoms with Crippen molar-refractivity contribution < 1.29 is 4.39 Å². The fourth-order valence-corrected chi connectivity index (χ4v) is 1.73. The molecular weight excluding hydrogens is 265 g/mol. The van der Waals surface area contributed by atoms with Gasteiger partial charge in [0.25, 0.3) is 0 Å². The van der Waals surface area contributed by atoms with Crippen molar-refractivity contribution >= 4 is 23.0 Å². The second-order valence-corrected chi connectivity index (χ2v) is 4.17. The summed E-state index contributed by atoms with van der Waals surface area (Å²) in [5, 5.41) is 21.0. The monoisotopic (exact) mass is 271 g/mol. The highest BCUT2D eigenvalue weighted by molar-refractivity contribution is 6.30. The van der Waals surface area contributed by atoms with E-state index in [0.29, 0.717) is 22.0 Å². The number of hydrogen-bond donors (Lipinski definition) is 1. The summed E-state index contributed by atoms with van der Waals surface area (Å²) in [6.45, 7) is 0. The van der Waals surface area contributed by atoms with Crippen molar-refractivity contribution in [1.29, 1.82) is 10.5 Å². The summed E-state index contributed by atoms with van der Waals surface area (Å²) in [5.41, 5.74) is 1.29. The summed E-state index contributed by atoms with van der Waals surface area (Å²) in [7, 11) is 0. The number of anilines is 2. The van der Waals surface area contributed by atoms with Gasteiger partial charge in [0, 0.05) is 10.7 Å². The van der Waals surface area contributed by atoms with Gasteiger partial charge in [-0.15, -0.1) is 0 Å². The van der Waals surface area contributed by atoms with E-state index in [0.717, 1.165) is 0 Å². The average molecular weight is 272 g/mol. The van der Waals surface area contributed by atoms with Gasteiger partial charge in [-0.1, -0.05) is 11.6 Å². The van der Waals surface area contributed by atoms with Crippen LogP contribution in [0.1, 0.15) is 11.1 Å². The lowest BCUT2D eigenvalue weighted by Gasteiger charge is -2.09. The number of rotatable bonds is 2. The number of benzene rings is 2. The molecule has 0 amide bonds. The molecule has 92 valence electrons. The topological polar surface area (TPSA) is 59.6 Å². The van der Waals surface area contributed by atoms with Gasteiger partial charge < -0.3 is 5.32 Å². The van der Waals surface area contributed by atoms with E-state index in [1.165, 1.54) is 12.1 Å². The molecule has 0 aromatic heterocycles. The zero-order valence-electron chi connectivity index (χ0n) is 9.61. The van der Waals surface area contributed by atoms with Gasteiger partial charge in [-0.05, 0) is 36.4 Å². The molecule has 5 heteroatoms. The van der Waals surface area contributed by atoms with Crippen LogP contribution in [0.2, 0.25) is 5.02 Å². The lowest BCUT2D eigenvalue weighted by molar-refractivity contribution is 0.624. The van der Waals surface area contributed by atoms with Crippen molar-refractivity contribution in [2.24, 2.45) is 0 Å². The van der Waals surface area contributed by atoms with Gasteiger partial charge >= 0.3 is 0 Å². The van der Waals surface area contributed by atoms with E-state index in [4.69, 9.17) is 22.1 Å². The van der Waals surface area contributed by atoms with Crippen LogP contribution >= 0.6 is 11.6 Å². The minimum Gasteiger partial charge on any atom is -0.354 e. The zero-order chi connectivity index (χ0) is 13.8. The Morgan fingerprint density at radius 2 is 1.68 bits per heavy atom. The summed E-state index contributed by atoms with van der Waals surface area (Å²) in [5.74, 6) is -0.618. The second kappa shape index (κ2) is 5.39. The van der Waals surface area contributed by atoms with Crippen LogP contribution in [0.5, 0.6) is 0 Å². The first-order chi connectivity index (χ1) is 9.13. The Morgan fingerprint density at radius 1 is 1.00 bits per heavy atom. The molecule has 0 aliphatic rings. The fourth-order valence-electron chi connectivity index (χ4n) is 1.56. The Morgan fingerprint density at radius 3 is 2.32 bits per heavy atom. The third-order valence-corrected chi connectivity index (χ3v) is 2.71. The number of halogens is 2. The van der Waals surface area contributed by atoms with Crippen molar-refractivity contribution in [1.82, 2.24) is 0 Å². The van der Waals surface area contributed by atoms with Crippen molar-refractivity contribution in [3.63, 3.8) is 0 Å².